The fourth-order valence-corrected chi connectivity index (χ4v) is 4.23. The average molecular weight is 437 g/mol. The molecule has 6 heteroatoms. The van der Waals surface area contributed by atoms with Gasteiger partial charge in [0.1, 0.15) is 5.69 Å². The van der Waals surface area contributed by atoms with Crippen LogP contribution in [0.25, 0.3) is 16.9 Å². The smallest absolute Gasteiger partial charge is 0.255 e. The topological polar surface area (TPSA) is 67.2 Å². The predicted molar refractivity (Wildman–Crippen MR) is 129 cm³/mol. The Labute approximate surface area is 192 Å². The number of anilines is 1. The molecular formula is C27H24N4O2. The van der Waals surface area contributed by atoms with Gasteiger partial charge in [-0.05, 0) is 36.2 Å². The second-order valence-corrected chi connectivity index (χ2v) is 8.09. The lowest BCUT2D eigenvalue weighted by Gasteiger charge is -2.17. The zero-order chi connectivity index (χ0) is 22.8. The number of aromatic nitrogens is 2. The first-order valence-electron chi connectivity index (χ1n) is 11.0. The molecule has 33 heavy (non-hydrogen) atoms. The number of hydrogen-bond acceptors (Lipinski definition) is 3. The number of amides is 2. The third-order valence-corrected chi connectivity index (χ3v) is 5.93. The van der Waals surface area contributed by atoms with Crippen LogP contribution in [0.1, 0.15) is 21.5 Å². The molecule has 0 fully saturated rings. The number of aryl methyl sites for hydroxylation is 1. The van der Waals surface area contributed by atoms with Crippen LogP contribution < -0.4 is 10.2 Å². The highest BCUT2D eigenvalue weighted by molar-refractivity contribution is 6.02. The van der Waals surface area contributed by atoms with Crippen LogP contribution in [0.2, 0.25) is 0 Å². The number of carbonyl (C=O) groups excluding carboxylic acids is 2. The molecule has 0 aliphatic carbocycles. The van der Waals surface area contributed by atoms with Gasteiger partial charge in [-0.15, -0.1) is 0 Å². The summed E-state index contributed by atoms with van der Waals surface area (Å²) in [5.74, 6) is -0.154. The van der Waals surface area contributed by atoms with Crippen molar-refractivity contribution in [3.8, 4) is 16.9 Å². The van der Waals surface area contributed by atoms with E-state index in [1.807, 2.05) is 85.8 Å². The summed E-state index contributed by atoms with van der Waals surface area (Å²) in [6, 6.07) is 25.4. The summed E-state index contributed by atoms with van der Waals surface area (Å²) in [6.07, 6.45) is 2.17. The molecule has 0 saturated heterocycles. The molecule has 1 aliphatic rings. The molecule has 0 saturated carbocycles. The Morgan fingerprint density at radius 2 is 1.70 bits per heavy atom. The van der Waals surface area contributed by atoms with E-state index in [-0.39, 0.29) is 11.8 Å². The minimum atomic E-state index is -0.213. The number of para-hydroxylation sites is 2. The Bertz CT molecular complexity index is 1330. The summed E-state index contributed by atoms with van der Waals surface area (Å²) in [4.78, 5) is 27.4. The molecule has 1 N–H and O–H groups in total. The highest BCUT2D eigenvalue weighted by Crippen LogP contribution is 2.28. The van der Waals surface area contributed by atoms with Crippen molar-refractivity contribution in [1.29, 1.82) is 0 Å². The highest BCUT2D eigenvalue weighted by Gasteiger charge is 2.26. The second kappa shape index (κ2) is 8.74. The van der Waals surface area contributed by atoms with E-state index in [1.54, 1.807) is 15.8 Å². The molecule has 1 aromatic heterocycles. The molecule has 164 valence electrons. The molecule has 2 amide bonds. The zero-order valence-electron chi connectivity index (χ0n) is 18.4. The van der Waals surface area contributed by atoms with Crippen LogP contribution in [0.15, 0.2) is 85.1 Å². The minimum Gasteiger partial charge on any atom is -0.350 e. The van der Waals surface area contributed by atoms with Gasteiger partial charge in [0.15, 0.2) is 0 Å². The summed E-state index contributed by atoms with van der Waals surface area (Å²) in [6.45, 7) is 2.78. The third-order valence-electron chi connectivity index (χ3n) is 5.93. The maximum absolute atomic E-state index is 13.2. The number of hydrogen-bond donors (Lipinski definition) is 1. The fraction of sp³-hybridized carbons (Fsp3) is 0.148. The first-order valence-corrected chi connectivity index (χ1v) is 11.0. The first kappa shape index (κ1) is 20.7. The largest absolute Gasteiger partial charge is 0.350 e. The Kier molecular flexibility index (Phi) is 5.48. The lowest BCUT2D eigenvalue weighted by Crippen LogP contribution is -2.36. The molecule has 0 spiro atoms. The Balaban J connectivity index is 1.39. The van der Waals surface area contributed by atoms with E-state index >= 15 is 0 Å². The maximum atomic E-state index is 13.2. The minimum absolute atomic E-state index is 0.0583. The van der Waals surface area contributed by atoms with Crippen molar-refractivity contribution >= 4 is 17.5 Å². The molecule has 3 aromatic carbocycles. The van der Waals surface area contributed by atoms with E-state index in [4.69, 9.17) is 5.10 Å². The van der Waals surface area contributed by atoms with Gasteiger partial charge < -0.3 is 10.2 Å². The van der Waals surface area contributed by atoms with Crippen molar-refractivity contribution in [2.75, 3.05) is 18.0 Å². The highest BCUT2D eigenvalue weighted by atomic mass is 16.2. The maximum Gasteiger partial charge on any atom is 0.255 e. The van der Waals surface area contributed by atoms with E-state index in [9.17, 15) is 9.59 Å². The van der Waals surface area contributed by atoms with Gasteiger partial charge in [-0.2, -0.15) is 5.10 Å². The van der Waals surface area contributed by atoms with Crippen LogP contribution in [0.4, 0.5) is 5.69 Å². The quantitative estimate of drug-likeness (QED) is 0.493. The normalized spacial score (nSPS) is 12.6. The Morgan fingerprint density at radius 3 is 2.52 bits per heavy atom. The number of rotatable bonds is 6. The van der Waals surface area contributed by atoms with E-state index < -0.39 is 0 Å². The number of carbonyl (C=O) groups is 2. The first-order chi connectivity index (χ1) is 16.1. The SMILES string of the molecule is Cc1ccccc1-c1nn(-c2ccccc2)cc1C(=O)NCCN1C(=O)Cc2ccccc21. The van der Waals surface area contributed by atoms with E-state index in [2.05, 4.69) is 5.32 Å². The summed E-state index contributed by atoms with van der Waals surface area (Å²) in [5, 5.41) is 7.74. The van der Waals surface area contributed by atoms with Gasteiger partial charge >= 0.3 is 0 Å². The van der Waals surface area contributed by atoms with Gasteiger partial charge in [-0.25, -0.2) is 4.68 Å². The van der Waals surface area contributed by atoms with Crippen LogP contribution in [0.3, 0.4) is 0 Å². The third kappa shape index (κ3) is 4.03. The molecule has 0 bridgehead atoms. The molecule has 0 atom stereocenters. The van der Waals surface area contributed by atoms with Gasteiger partial charge in [0.2, 0.25) is 5.91 Å². The van der Waals surface area contributed by atoms with E-state index in [0.29, 0.717) is 30.8 Å². The number of nitrogens with one attached hydrogen (secondary N) is 1. The number of benzene rings is 3. The fourth-order valence-electron chi connectivity index (χ4n) is 4.23. The summed E-state index contributed by atoms with van der Waals surface area (Å²) in [7, 11) is 0. The second-order valence-electron chi connectivity index (χ2n) is 8.09. The molecule has 0 radical (unpaired) electrons. The molecule has 2 heterocycles. The average Bonchev–Trinajstić information content (AvgIpc) is 3.41. The molecule has 6 nitrogen and oxygen atoms in total. The number of fused-ring (bicyclic) bond motifs is 1. The van der Waals surface area contributed by atoms with Crippen molar-refractivity contribution in [2.24, 2.45) is 0 Å². The van der Waals surface area contributed by atoms with E-state index in [0.717, 1.165) is 28.1 Å². The van der Waals surface area contributed by atoms with Crippen LogP contribution in [0, 0.1) is 6.92 Å². The van der Waals surface area contributed by atoms with Crippen molar-refractivity contribution in [1.82, 2.24) is 15.1 Å². The number of nitrogens with zero attached hydrogens (tertiary/aromatic N) is 3. The van der Waals surface area contributed by atoms with Crippen LogP contribution >= 0.6 is 0 Å². The molecule has 1 aliphatic heterocycles. The summed E-state index contributed by atoms with van der Waals surface area (Å²) in [5.41, 5.74) is 5.93. The van der Waals surface area contributed by atoms with Gasteiger partial charge in [-0.1, -0.05) is 60.7 Å². The van der Waals surface area contributed by atoms with Crippen molar-refractivity contribution in [3.63, 3.8) is 0 Å². The van der Waals surface area contributed by atoms with Gasteiger partial charge in [0.05, 0.1) is 17.7 Å². The van der Waals surface area contributed by atoms with E-state index in [1.165, 1.54) is 0 Å². The van der Waals surface area contributed by atoms with Gasteiger partial charge in [0.25, 0.3) is 5.91 Å². The molecule has 0 unspecified atom stereocenters. The molecule has 4 aromatic rings. The van der Waals surface area contributed by atoms with Crippen LogP contribution in [-0.2, 0) is 11.2 Å². The van der Waals surface area contributed by atoms with Gasteiger partial charge in [0, 0.05) is 30.5 Å². The van der Waals surface area contributed by atoms with Crippen molar-refractivity contribution < 1.29 is 9.59 Å². The summed E-state index contributed by atoms with van der Waals surface area (Å²) < 4.78 is 1.73. The monoisotopic (exact) mass is 436 g/mol. The lowest BCUT2D eigenvalue weighted by atomic mass is 10.0. The zero-order valence-corrected chi connectivity index (χ0v) is 18.4. The van der Waals surface area contributed by atoms with Crippen molar-refractivity contribution in [3.05, 3.63) is 102 Å². The van der Waals surface area contributed by atoms with Crippen LogP contribution in [0.5, 0.6) is 0 Å². The van der Waals surface area contributed by atoms with Crippen LogP contribution in [-0.4, -0.2) is 34.7 Å². The van der Waals surface area contributed by atoms with Gasteiger partial charge in [-0.3, -0.25) is 9.59 Å². The van der Waals surface area contributed by atoms with Crippen molar-refractivity contribution in [2.45, 2.75) is 13.3 Å². The molecular weight excluding hydrogens is 412 g/mol. The Morgan fingerprint density at radius 1 is 0.970 bits per heavy atom. The summed E-state index contributed by atoms with van der Waals surface area (Å²) >= 11 is 0. The standard InChI is InChI=1S/C27H24N4O2/c1-19-9-5-7-13-22(19)26-23(18-31(29-26)21-11-3-2-4-12-21)27(33)28-15-16-30-24-14-8-6-10-20(24)17-25(30)32/h2-14,18H,15-17H2,1H3,(H,28,33). The lowest BCUT2D eigenvalue weighted by molar-refractivity contribution is -0.117. The Hall–Kier alpha value is -4.19. The molecule has 5 rings (SSSR count). The predicted octanol–water partition coefficient (Wildman–Crippen LogP) is 4.17.